The van der Waals surface area contributed by atoms with Crippen LogP contribution in [0.4, 0.5) is 0 Å². The molecule has 0 unspecified atom stereocenters. The van der Waals surface area contributed by atoms with Gasteiger partial charge >= 0.3 is 0 Å². The zero-order valence-electron chi connectivity index (χ0n) is 11.8. The van der Waals surface area contributed by atoms with Crippen LogP contribution in [-0.2, 0) is 0 Å². The van der Waals surface area contributed by atoms with E-state index in [0.717, 1.165) is 10.1 Å². The van der Waals surface area contributed by atoms with Crippen LogP contribution in [0, 0.1) is 5.41 Å². The number of aromatic nitrogens is 2. The van der Waals surface area contributed by atoms with Crippen LogP contribution in [0.1, 0.15) is 10.4 Å². The van der Waals surface area contributed by atoms with Crippen molar-refractivity contribution in [2.75, 3.05) is 0 Å². The highest BCUT2D eigenvalue weighted by atomic mass is 35.5. The summed E-state index contributed by atoms with van der Waals surface area (Å²) >= 11 is 5.98. The lowest BCUT2D eigenvalue weighted by atomic mass is 10.2. The molecule has 23 heavy (non-hydrogen) atoms. The lowest BCUT2D eigenvalue weighted by Crippen LogP contribution is -2.25. The van der Waals surface area contributed by atoms with Crippen molar-refractivity contribution in [2.24, 2.45) is 0 Å². The van der Waals surface area contributed by atoms with Gasteiger partial charge in [-0.05, 0) is 36.4 Å². The van der Waals surface area contributed by atoms with Crippen LogP contribution in [0.3, 0.4) is 0 Å². The molecule has 0 spiro atoms. The zero-order chi connectivity index (χ0) is 16.0. The van der Waals surface area contributed by atoms with Crippen molar-refractivity contribution in [3.63, 3.8) is 0 Å². The van der Waals surface area contributed by atoms with Gasteiger partial charge in [-0.25, -0.2) is 0 Å². The minimum atomic E-state index is -0.371. The summed E-state index contributed by atoms with van der Waals surface area (Å²) in [5.74, 6) is -0.127. The second-order valence-corrected chi connectivity index (χ2v) is 5.52. The molecule has 0 saturated heterocycles. The number of hydrogen-bond acceptors (Lipinski definition) is 4. The Balaban J connectivity index is 1.94. The maximum atomic E-state index is 12.5. The molecule has 0 bridgehead atoms. The van der Waals surface area contributed by atoms with E-state index < -0.39 is 0 Å². The van der Waals surface area contributed by atoms with E-state index >= 15 is 0 Å². The average molecular weight is 324 g/mol. The number of rotatable bonds is 1. The molecule has 2 aromatic carbocycles. The third-order valence-electron chi connectivity index (χ3n) is 3.58. The number of benzene rings is 2. The summed E-state index contributed by atoms with van der Waals surface area (Å²) in [6, 6.07) is 15.7. The van der Waals surface area contributed by atoms with E-state index in [2.05, 4.69) is 5.10 Å². The van der Waals surface area contributed by atoms with Gasteiger partial charge in [-0.3, -0.25) is 10.2 Å². The Labute approximate surface area is 135 Å². The van der Waals surface area contributed by atoms with E-state index in [-0.39, 0.29) is 17.3 Å². The summed E-state index contributed by atoms with van der Waals surface area (Å²) in [6.45, 7) is 0. The number of hydrogen-bond donors (Lipinski definition) is 1. The summed E-state index contributed by atoms with van der Waals surface area (Å²) in [6.07, 6.45) is 0. The van der Waals surface area contributed by atoms with E-state index in [1.165, 1.54) is 0 Å². The normalized spacial score (nSPS) is 11.2. The van der Waals surface area contributed by atoms with Crippen LogP contribution in [0.25, 0.3) is 22.4 Å². The smallest absolute Gasteiger partial charge is 0.280 e. The first-order valence-electron chi connectivity index (χ1n) is 6.90. The Morgan fingerprint density at radius 3 is 2.70 bits per heavy atom. The molecule has 6 heteroatoms. The summed E-state index contributed by atoms with van der Waals surface area (Å²) in [7, 11) is 0. The number of carbonyl (C=O) groups excluding carboxylic acids is 1. The number of carbonyl (C=O) groups is 1. The Hall–Kier alpha value is -2.92. The topological polar surface area (TPSA) is 71.9 Å². The standard InChI is InChI=1S/C17H10ClN3O2/c18-12-6-7-14-11(8-12)9-13-15(19)21(20-16(13)23-14)17(22)10-4-2-1-3-5-10/h1-9,19H. The number of fused-ring (bicyclic) bond motifs is 2. The predicted molar refractivity (Wildman–Crippen MR) is 85.7 cm³/mol. The maximum Gasteiger partial charge on any atom is 0.280 e. The minimum Gasteiger partial charge on any atom is -0.436 e. The molecule has 0 fully saturated rings. The molecular formula is C17H10ClN3O2. The first kappa shape index (κ1) is 13.7. The van der Waals surface area contributed by atoms with Crippen molar-refractivity contribution in [2.45, 2.75) is 0 Å². The van der Waals surface area contributed by atoms with Gasteiger partial charge in [0.05, 0.1) is 5.56 Å². The molecule has 4 rings (SSSR count). The minimum absolute atomic E-state index is 0.0144. The highest BCUT2D eigenvalue weighted by Crippen LogP contribution is 2.26. The zero-order valence-corrected chi connectivity index (χ0v) is 12.5. The lowest BCUT2D eigenvalue weighted by Gasteiger charge is -2.00. The van der Waals surface area contributed by atoms with Crippen molar-refractivity contribution in [1.29, 1.82) is 5.41 Å². The molecule has 2 aliphatic rings. The van der Waals surface area contributed by atoms with E-state index in [1.807, 2.05) is 6.07 Å². The van der Waals surface area contributed by atoms with Gasteiger partial charge in [0.15, 0.2) is 5.49 Å². The molecule has 0 amide bonds. The van der Waals surface area contributed by atoms with Gasteiger partial charge in [-0.15, -0.1) is 5.10 Å². The summed E-state index contributed by atoms with van der Waals surface area (Å²) < 4.78 is 6.73. The van der Waals surface area contributed by atoms with Crippen LogP contribution < -0.4 is 5.49 Å². The van der Waals surface area contributed by atoms with Crippen molar-refractivity contribution in [3.8, 4) is 11.5 Å². The molecule has 0 aliphatic carbocycles. The van der Waals surface area contributed by atoms with E-state index in [4.69, 9.17) is 21.4 Å². The Kier molecular flexibility index (Phi) is 3.02. The fourth-order valence-electron chi connectivity index (χ4n) is 2.45. The summed E-state index contributed by atoms with van der Waals surface area (Å²) in [5, 5.41) is 13.7. The third kappa shape index (κ3) is 2.22. The van der Waals surface area contributed by atoms with Crippen LogP contribution in [0.15, 0.2) is 59.0 Å². The molecule has 2 aliphatic heterocycles. The largest absolute Gasteiger partial charge is 0.436 e. The molecule has 2 aromatic rings. The van der Waals surface area contributed by atoms with Gasteiger partial charge < -0.3 is 4.42 Å². The maximum absolute atomic E-state index is 12.5. The third-order valence-corrected chi connectivity index (χ3v) is 3.81. The fourth-order valence-corrected chi connectivity index (χ4v) is 2.63. The predicted octanol–water partition coefficient (Wildman–Crippen LogP) is 3.56. The van der Waals surface area contributed by atoms with Crippen LogP contribution >= 0.6 is 11.6 Å². The fraction of sp³-hybridized carbons (Fsp3) is 0. The molecule has 0 atom stereocenters. The van der Waals surface area contributed by atoms with Gasteiger partial charge in [0.2, 0.25) is 5.89 Å². The van der Waals surface area contributed by atoms with E-state index in [9.17, 15) is 4.79 Å². The van der Waals surface area contributed by atoms with Gasteiger partial charge in [-0.2, -0.15) is 4.68 Å². The molecule has 0 radical (unpaired) electrons. The Bertz CT molecular complexity index is 1070. The van der Waals surface area contributed by atoms with Gasteiger partial charge in [0, 0.05) is 16.0 Å². The highest BCUT2D eigenvalue weighted by Gasteiger charge is 2.20. The first-order chi connectivity index (χ1) is 11.1. The average Bonchev–Trinajstić information content (AvgIpc) is 2.89. The monoisotopic (exact) mass is 323 g/mol. The molecular weight excluding hydrogens is 314 g/mol. The number of nitrogens with one attached hydrogen (secondary N) is 1. The molecule has 0 aromatic heterocycles. The van der Waals surface area contributed by atoms with Gasteiger partial charge in [-0.1, -0.05) is 29.8 Å². The van der Waals surface area contributed by atoms with Crippen molar-refractivity contribution >= 4 is 28.5 Å². The Morgan fingerprint density at radius 1 is 1.13 bits per heavy atom. The van der Waals surface area contributed by atoms with Crippen molar-refractivity contribution in [1.82, 2.24) is 9.78 Å². The second-order valence-electron chi connectivity index (χ2n) is 5.08. The summed E-state index contributed by atoms with van der Waals surface area (Å²) in [4.78, 5) is 12.5. The van der Waals surface area contributed by atoms with E-state index in [1.54, 1.807) is 48.5 Å². The molecule has 5 nitrogen and oxygen atoms in total. The van der Waals surface area contributed by atoms with Crippen LogP contribution in [-0.4, -0.2) is 15.7 Å². The van der Waals surface area contributed by atoms with Gasteiger partial charge in [0.25, 0.3) is 5.91 Å². The lowest BCUT2D eigenvalue weighted by molar-refractivity contribution is 0.0939. The van der Waals surface area contributed by atoms with Crippen molar-refractivity contribution in [3.05, 3.63) is 70.7 Å². The summed E-state index contributed by atoms with van der Waals surface area (Å²) in [5.41, 5.74) is 1.50. The second kappa shape index (κ2) is 5.07. The molecule has 2 heterocycles. The quantitative estimate of drug-likeness (QED) is 0.582. The molecule has 112 valence electrons. The van der Waals surface area contributed by atoms with Crippen molar-refractivity contribution < 1.29 is 9.21 Å². The Morgan fingerprint density at radius 2 is 1.91 bits per heavy atom. The van der Waals surface area contributed by atoms with Crippen LogP contribution in [0.5, 0.6) is 0 Å². The highest BCUT2D eigenvalue weighted by molar-refractivity contribution is 6.31. The SMILES string of the molecule is N=c1c2cc3cc(Cl)ccc3oc-2nn1C(=O)c1ccccc1. The van der Waals surface area contributed by atoms with E-state index in [0.29, 0.717) is 21.7 Å². The number of nitrogens with zero attached hydrogens (tertiary/aromatic N) is 2. The molecule has 1 N–H and O–H groups in total. The molecule has 0 saturated carbocycles. The van der Waals surface area contributed by atoms with Gasteiger partial charge in [0.1, 0.15) is 5.58 Å². The first-order valence-corrected chi connectivity index (χ1v) is 7.28. The van der Waals surface area contributed by atoms with Crippen LogP contribution in [0.2, 0.25) is 5.02 Å². The number of halogens is 1.